The second kappa shape index (κ2) is 16.9. The number of carboxylic acids is 1. The molecule has 0 aromatic heterocycles. The van der Waals surface area contributed by atoms with Gasteiger partial charge in [0.25, 0.3) is 0 Å². The van der Waals surface area contributed by atoms with Crippen LogP contribution < -0.4 is 38.9 Å². The Kier molecular flexibility index (Phi) is 13.4. The Morgan fingerprint density at radius 2 is 1.30 bits per heavy atom. The minimum atomic E-state index is -1.54. The highest BCUT2D eigenvalue weighted by Gasteiger charge is 2.31. The molecule has 0 spiro atoms. The summed E-state index contributed by atoms with van der Waals surface area (Å²) in [7, 11) is 0. The zero-order valence-corrected chi connectivity index (χ0v) is 23.4. The number of phenolic OH excluding ortho intramolecular Hbond substituents is 1. The number of primary amides is 1. The Bertz CT molecular complexity index is 1280. The molecule has 2 aromatic rings. The third-order valence-corrected chi connectivity index (χ3v) is 6.24. The van der Waals surface area contributed by atoms with Gasteiger partial charge in [0.1, 0.15) is 23.9 Å². The number of aliphatic carboxylic acids is 1. The van der Waals surface area contributed by atoms with Crippen LogP contribution in [0.4, 0.5) is 0 Å². The maximum atomic E-state index is 13.4. The molecule has 232 valence electrons. The Labute approximate surface area is 248 Å². The van der Waals surface area contributed by atoms with E-state index in [-0.39, 0.29) is 43.9 Å². The number of phenols is 1. The molecule has 0 aliphatic carbocycles. The largest absolute Gasteiger partial charge is 0.508 e. The molecule has 2 aromatic carbocycles. The van der Waals surface area contributed by atoms with E-state index in [0.29, 0.717) is 11.1 Å². The van der Waals surface area contributed by atoms with E-state index in [4.69, 9.17) is 22.9 Å². The van der Waals surface area contributed by atoms with Gasteiger partial charge in [-0.25, -0.2) is 4.79 Å². The number of benzene rings is 2. The number of rotatable bonds is 17. The highest BCUT2D eigenvalue weighted by Crippen LogP contribution is 2.12. The van der Waals surface area contributed by atoms with Gasteiger partial charge in [0.05, 0.1) is 12.5 Å². The van der Waals surface area contributed by atoms with Crippen LogP contribution in [0.5, 0.6) is 5.75 Å². The summed E-state index contributed by atoms with van der Waals surface area (Å²) in [5, 5.41) is 26.3. The van der Waals surface area contributed by atoms with Crippen molar-refractivity contribution in [2.45, 2.75) is 56.3 Å². The fourth-order valence-electron chi connectivity index (χ4n) is 4.03. The standard InChI is InChI=1S/C28H38N8O7/c29-19(13-17-8-10-18(37)11-9-17)24(39)35-21(14-16-5-2-1-3-6-16)25(40)36-22(15-23(30)38)26(41)34-20(27(42)43)7-4-12-33-28(31)32/h1-3,5-6,8-11,19-22,37H,4,7,12-15,29H2,(H2,30,38)(H,34,41)(H,35,39)(H,36,40)(H,42,43)(H4,31,32,33). The number of guanidine groups is 1. The molecule has 15 nitrogen and oxygen atoms in total. The molecule has 43 heavy (non-hydrogen) atoms. The van der Waals surface area contributed by atoms with Crippen molar-refractivity contribution in [2.24, 2.45) is 27.9 Å². The summed E-state index contributed by atoms with van der Waals surface area (Å²) in [6.45, 7) is 0.124. The zero-order valence-electron chi connectivity index (χ0n) is 23.4. The zero-order chi connectivity index (χ0) is 31.9. The van der Waals surface area contributed by atoms with E-state index in [2.05, 4.69) is 20.9 Å². The van der Waals surface area contributed by atoms with Crippen LogP contribution in [0.2, 0.25) is 0 Å². The molecule has 0 fully saturated rings. The van der Waals surface area contributed by atoms with Gasteiger partial charge in [-0.2, -0.15) is 0 Å². The number of carboxylic acid groups (broad SMARTS) is 1. The van der Waals surface area contributed by atoms with Gasteiger partial charge >= 0.3 is 5.97 Å². The molecule has 4 atom stereocenters. The molecule has 0 aliphatic heterocycles. The summed E-state index contributed by atoms with van der Waals surface area (Å²) < 4.78 is 0. The first-order valence-electron chi connectivity index (χ1n) is 13.4. The Balaban J connectivity index is 2.18. The van der Waals surface area contributed by atoms with Crippen LogP contribution in [0.1, 0.15) is 30.4 Å². The molecule has 15 heteroatoms. The van der Waals surface area contributed by atoms with Crippen molar-refractivity contribution in [2.75, 3.05) is 6.54 Å². The van der Waals surface area contributed by atoms with Gasteiger partial charge < -0.3 is 49.1 Å². The van der Waals surface area contributed by atoms with Gasteiger partial charge in [0.2, 0.25) is 23.6 Å². The monoisotopic (exact) mass is 598 g/mol. The number of nitrogens with one attached hydrogen (secondary N) is 3. The lowest BCUT2D eigenvalue weighted by molar-refractivity contribution is -0.142. The van der Waals surface area contributed by atoms with E-state index < -0.39 is 60.2 Å². The molecule has 13 N–H and O–H groups in total. The lowest BCUT2D eigenvalue weighted by atomic mass is 10.0. The number of amides is 4. The van der Waals surface area contributed by atoms with Crippen LogP contribution >= 0.6 is 0 Å². The van der Waals surface area contributed by atoms with Crippen molar-refractivity contribution in [3.8, 4) is 5.75 Å². The molecule has 0 saturated heterocycles. The van der Waals surface area contributed by atoms with Crippen LogP contribution in [-0.4, -0.2) is 76.5 Å². The molecule has 0 aliphatic rings. The average Bonchev–Trinajstić information content (AvgIpc) is 2.94. The van der Waals surface area contributed by atoms with Gasteiger partial charge in [-0.15, -0.1) is 0 Å². The summed E-state index contributed by atoms with van der Waals surface area (Å²) >= 11 is 0. The lowest BCUT2D eigenvalue weighted by Crippen LogP contribution is -2.58. The number of nitrogens with zero attached hydrogens (tertiary/aromatic N) is 1. The summed E-state index contributed by atoms with van der Waals surface area (Å²) in [5.41, 5.74) is 23.3. The number of aromatic hydroxyl groups is 1. The molecular formula is C28H38N8O7. The fraction of sp³-hybridized carbons (Fsp3) is 0.357. The highest BCUT2D eigenvalue weighted by molar-refractivity contribution is 5.96. The molecule has 0 bridgehead atoms. The van der Waals surface area contributed by atoms with Crippen LogP contribution in [0.25, 0.3) is 0 Å². The molecule has 2 rings (SSSR count). The van der Waals surface area contributed by atoms with Gasteiger partial charge in [-0.3, -0.25) is 24.2 Å². The van der Waals surface area contributed by atoms with E-state index in [1.807, 2.05) is 0 Å². The number of hydrogen-bond acceptors (Lipinski definition) is 8. The minimum Gasteiger partial charge on any atom is -0.508 e. The van der Waals surface area contributed by atoms with Crippen molar-refractivity contribution in [3.63, 3.8) is 0 Å². The van der Waals surface area contributed by atoms with Crippen molar-refractivity contribution < 1.29 is 34.2 Å². The van der Waals surface area contributed by atoms with Gasteiger partial charge in [-0.05, 0) is 42.5 Å². The molecular weight excluding hydrogens is 560 g/mol. The number of carbonyl (C=O) groups is 5. The van der Waals surface area contributed by atoms with E-state index in [0.717, 1.165) is 0 Å². The Morgan fingerprint density at radius 1 is 0.744 bits per heavy atom. The van der Waals surface area contributed by atoms with Crippen LogP contribution in [-0.2, 0) is 36.8 Å². The van der Waals surface area contributed by atoms with Gasteiger partial charge in [-0.1, -0.05) is 42.5 Å². The lowest BCUT2D eigenvalue weighted by Gasteiger charge is -2.25. The van der Waals surface area contributed by atoms with Gasteiger partial charge in [0, 0.05) is 13.0 Å². The SMILES string of the molecule is NC(=O)CC(NC(=O)C(Cc1ccccc1)NC(=O)C(N)Cc1ccc(O)cc1)C(=O)NC(CCCN=C(N)N)C(=O)O. The number of nitrogens with two attached hydrogens (primary N) is 4. The predicted molar refractivity (Wildman–Crippen MR) is 157 cm³/mol. The Hall–Kier alpha value is -5.18. The second-order valence-corrected chi connectivity index (χ2v) is 9.81. The number of hydrogen-bond donors (Lipinski definition) is 9. The van der Waals surface area contributed by atoms with E-state index in [9.17, 15) is 34.2 Å². The van der Waals surface area contributed by atoms with E-state index in [1.165, 1.54) is 12.1 Å². The third kappa shape index (κ3) is 12.5. The molecule has 0 saturated carbocycles. The van der Waals surface area contributed by atoms with Crippen LogP contribution in [0, 0.1) is 0 Å². The van der Waals surface area contributed by atoms with Crippen LogP contribution in [0.3, 0.4) is 0 Å². The molecule has 0 radical (unpaired) electrons. The smallest absolute Gasteiger partial charge is 0.326 e. The first kappa shape index (κ1) is 34.0. The van der Waals surface area contributed by atoms with Crippen molar-refractivity contribution in [1.82, 2.24) is 16.0 Å². The molecule has 0 heterocycles. The Morgan fingerprint density at radius 3 is 1.88 bits per heavy atom. The summed E-state index contributed by atoms with van der Waals surface area (Å²) in [6.07, 6.45) is -0.335. The topological polar surface area (TPSA) is 278 Å². The van der Waals surface area contributed by atoms with Crippen molar-refractivity contribution in [1.29, 1.82) is 0 Å². The average molecular weight is 599 g/mol. The van der Waals surface area contributed by atoms with E-state index >= 15 is 0 Å². The number of carbonyl (C=O) groups excluding carboxylic acids is 4. The summed E-state index contributed by atoms with van der Waals surface area (Å²) in [5.74, 6) is -4.84. The molecule has 4 amide bonds. The minimum absolute atomic E-state index is 0.0117. The normalized spacial score (nSPS) is 13.4. The fourth-order valence-corrected chi connectivity index (χ4v) is 4.03. The van der Waals surface area contributed by atoms with Gasteiger partial charge in [0.15, 0.2) is 5.96 Å². The maximum Gasteiger partial charge on any atom is 0.326 e. The summed E-state index contributed by atoms with van der Waals surface area (Å²) in [4.78, 5) is 66.7. The van der Waals surface area contributed by atoms with Crippen molar-refractivity contribution in [3.05, 3.63) is 65.7 Å². The van der Waals surface area contributed by atoms with Crippen LogP contribution in [0.15, 0.2) is 59.6 Å². The number of aliphatic imine (C=N–C) groups is 1. The maximum absolute atomic E-state index is 13.4. The highest BCUT2D eigenvalue weighted by atomic mass is 16.4. The molecule has 4 unspecified atom stereocenters. The second-order valence-electron chi connectivity index (χ2n) is 9.81. The summed E-state index contributed by atoms with van der Waals surface area (Å²) in [6, 6.07) is 9.65. The van der Waals surface area contributed by atoms with Crippen molar-refractivity contribution >= 4 is 35.6 Å². The predicted octanol–water partition coefficient (Wildman–Crippen LogP) is -2.03. The van der Waals surface area contributed by atoms with E-state index in [1.54, 1.807) is 42.5 Å². The first-order chi connectivity index (χ1) is 20.3. The quantitative estimate of drug-likeness (QED) is 0.0547. The first-order valence-corrected chi connectivity index (χ1v) is 13.4. The third-order valence-electron chi connectivity index (χ3n) is 6.24.